The minimum Gasteiger partial charge on any atom is -0.457 e. The molecule has 1 saturated heterocycles. The van der Waals surface area contributed by atoms with E-state index < -0.39 is 36.2 Å². The first-order chi connectivity index (χ1) is 15.7. The van der Waals surface area contributed by atoms with Gasteiger partial charge in [-0.3, -0.25) is 4.79 Å². The predicted molar refractivity (Wildman–Crippen MR) is 123 cm³/mol. The Hall–Kier alpha value is -1.77. The van der Waals surface area contributed by atoms with E-state index in [2.05, 4.69) is 0 Å². The molecular weight excluding hydrogens is 424 g/mol. The predicted octanol–water partition coefficient (Wildman–Crippen LogP) is 3.28. The molecule has 0 spiro atoms. The standard InChI is InChI=1S/C26H38O7/c1-17-13-14-20(27)23(31-3)12-8-7-11-22(19-9-5-4-6-10-19)32-24(29)16-26(30)15-21(28)18(2)25(17)33-26/h4-6,9-10,13-14,17-18,20-23,25,27-28,30H,7-8,11-12,15-16H2,1-3H3/b14-13+. The van der Waals surface area contributed by atoms with Crippen molar-refractivity contribution < 1.29 is 34.3 Å². The van der Waals surface area contributed by atoms with Crippen molar-refractivity contribution in [3.8, 4) is 0 Å². The lowest BCUT2D eigenvalue weighted by Crippen LogP contribution is -2.53. The zero-order valence-corrected chi connectivity index (χ0v) is 19.8. The van der Waals surface area contributed by atoms with Crippen molar-refractivity contribution in [2.24, 2.45) is 11.8 Å². The molecule has 7 heteroatoms. The average Bonchev–Trinajstić information content (AvgIpc) is 2.78. The lowest BCUT2D eigenvalue weighted by molar-refractivity contribution is -0.295. The van der Waals surface area contributed by atoms with Crippen LogP contribution in [0.3, 0.4) is 0 Å². The van der Waals surface area contributed by atoms with Crippen LogP contribution in [0, 0.1) is 11.8 Å². The maximum Gasteiger partial charge on any atom is 0.311 e. The van der Waals surface area contributed by atoms with Gasteiger partial charge in [-0.1, -0.05) is 62.8 Å². The van der Waals surface area contributed by atoms with Gasteiger partial charge in [-0.05, 0) is 24.8 Å². The molecule has 33 heavy (non-hydrogen) atoms. The molecule has 184 valence electrons. The third-order valence-electron chi connectivity index (χ3n) is 6.89. The fourth-order valence-electron chi connectivity index (χ4n) is 4.85. The van der Waals surface area contributed by atoms with E-state index in [0.29, 0.717) is 12.8 Å². The fourth-order valence-corrected chi connectivity index (χ4v) is 4.85. The van der Waals surface area contributed by atoms with Gasteiger partial charge in [-0.2, -0.15) is 0 Å². The van der Waals surface area contributed by atoms with Crippen LogP contribution in [-0.2, 0) is 19.0 Å². The molecule has 2 aliphatic rings. The molecule has 2 heterocycles. The molecule has 7 nitrogen and oxygen atoms in total. The number of benzene rings is 1. The Kier molecular flexibility index (Phi) is 9.07. The van der Waals surface area contributed by atoms with Crippen LogP contribution < -0.4 is 0 Å². The van der Waals surface area contributed by atoms with Crippen LogP contribution in [0.2, 0.25) is 0 Å². The number of aliphatic hydroxyl groups is 3. The Bertz CT molecular complexity index is 782. The number of aliphatic hydroxyl groups excluding tert-OH is 2. The number of carbonyl (C=O) groups is 1. The monoisotopic (exact) mass is 462 g/mol. The van der Waals surface area contributed by atoms with Crippen molar-refractivity contribution in [3.63, 3.8) is 0 Å². The van der Waals surface area contributed by atoms with Gasteiger partial charge in [0.25, 0.3) is 0 Å². The summed E-state index contributed by atoms with van der Waals surface area (Å²) in [6.45, 7) is 3.76. The first kappa shape index (κ1) is 25.8. The Balaban J connectivity index is 1.87. The summed E-state index contributed by atoms with van der Waals surface area (Å²) in [5.74, 6) is -2.85. The first-order valence-corrected chi connectivity index (χ1v) is 11.9. The molecular formula is C26H38O7. The van der Waals surface area contributed by atoms with E-state index in [1.165, 1.54) is 0 Å². The van der Waals surface area contributed by atoms with Crippen LogP contribution >= 0.6 is 0 Å². The topological polar surface area (TPSA) is 105 Å². The van der Waals surface area contributed by atoms with Gasteiger partial charge in [0.2, 0.25) is 0 Å². The van der Waals surface area contributed by atoms with Gasteiger partial charge in [0, 0.05) is 25.4 Å². The minimum atomic E-state index is -1.82. The molecule has 0 aliphatic carbocycles. The van der Waals surface area contributed by atoms with Crippen LogP contribution in [0.4, 0.5) is 0 Å². The molecule has 0 radical (unpaired) electrons. The normalized spacial score (nSPS) is 40.1. The van der Waals surface area contributed by atoms with Gasteiger partial charge in [0.1, 0.15) is 6.10 Å². The van der Waals surface area contributed by atoms with Crippen molar-refractivity contribution in [3.05, 3.63) is 48.0 Å². The van der Waals surface area contributed by atoms with Gasteiger partial charge in [0.15, 0.2) is 5.79 Å². The number of hydrogen-bond donors (Lipinski definition) is 3. The quantitative estimate of drug-likeness (QED) is 0.458. The summed E-state index contributed by atoms with van der Waals surface area (Å²) in [6, 6.07) is 9.53. The third kappa shape index (κ3) is 6.87. The van der Waals surface area contributed by atoms with Crippen LogP contribution in [0.15, 0.2) is 42.5 Å². The third-order valence-corrected chi connectivity index (χ3v) is 6.89. The Morgan fingerprint density at radius 3 is 2.45 bits per heavy atom. The highest BCUT2D eigenvalue weighted by Crippen LogP contribution is 2.38. The molecule has 2 bridgehead atoms. The molecule has 3 rings (SSSR count). The van der Waals surface area contributed by atoms with Gasteiger partial charge in [0.05, 0.1) is 30.8 Å². The second-order valence-corrected chi connectivity index (χ2v) is 9.52. The largest absolute Gasteiger partial charge is 0.457 e. The molecule has 3 N–H and O–H groups in total. The van der Waals surface area contributed by atoms with Crippen LogP contribution in [-0.4, -0.2) is 58.6 Å². The van der Waals surface area contributed by atoms with Crippen molar-refractivity contribution in [1.82, 2.24) is 0 Å². The highest BCUT2D eigenvalue weighted by Gasteiger charge is 2.47. The summed E-state index contributed by atoms with van der Waals surface area (Å²) >= 11 is 0. The zero-order chi connectivity index (χ0) is 24.0. The van der Waals surface area contributed by atoms with E-state index >= 15 is 0 Å². The summed E-state index contributed by atoms with van der Waals surface area (Å²) in [7, 11) is 1.58. The van der Waals surface area contributed by atoms with E-state index in [1.807, 2.05) is 50.3 Å². The van der Waals surface area contributed by atoms with Gasteiger partial charge in [-0.25, -0.2) is 0 Å². The molecule has 1 fully saturated rings. The van der Waals surface area contributed by atoms with Crippen LogP contribution in [0.25, 0.3) is 0 Å². The number of methoxy groups -OCH3 is 1. The van der Waals surface area contributed by atoms with E-state index in [-0.39, 0.29) is 30.8 Å². The number of cyclic esters (lactones) is 1. The number of fused-ring (bicyclic) bond motifs is 2. The SMILES string of the molecule is COC1CCCCC(c2ccccc2)OC(=O)CC2(O)CC(O)C(C)C(O2)C(C)/C=C/C1O. The van der Waals surface area contributed by atoms with Crippen molar-refractivity contribution in [1.29, 1.82) is 0 Å². The highest BCUT2D eigenvalue weighted by molar-refractivity contribution is 5.70. The number of rotatable bonds is 2. The molecule has 2 aliphatic heterocycles. The number of esters is 1. The Morgan fingerprint density at radius 1 is 1.06 bits per heavy atom. The maximum atomic E-state index is 12.9. The smallest absolute Gasteiger partial charge is 0.311 e. The molecule has 0 aromatic heterocycles. The van der Waals surface area contributed by atoms with Crippen molar-refractivity contribution in [2.75, 3.05) is 7.11 Å². The summed E-state index contributed by atoms with van der Waals surface area (Å²) in [5, 5.41) is 32.4. The number of ether oxygens (including phenoxy) is 3. The van der Waals surface area contributed by atoms with Crippen molar-refractivity contribution in [2.45, 2.75) is 88.7 Å². The summed E-state index contributed by atoms with van der Waals surface area (Å²) in [6.07, 6.45) is 2.99. The molecule has 8 atom stereocenters. The lowest BCUT2D eigenvalue weighted by Gasteiger charge is -2.45. The molecule has 0 amide bonds. The van der Waals surface area contributed by atoms with E-state index in [4.69, 9.17) is 14.2 Å². The van der Waals surface area contributed by atoms with E-state index in [1.54, 1.807) is 13.2 Å². The Labute approximate surface area is 196 Å². The molecule has 1 aromatic carbocycles. The lowest BCUT2D eigenvalue weighted by atomic mass is 9.82. The van der Waals surface area contributed by atoms with E-state index in [0.717, 1.165) is 18.4 Å². The van der Waals surface area contributed by atoms with Crippen LogP contribution in [0.1, 0.15) is 64.0 Å². The van der Waals surface area contributed by atoms with Crippen LogP contribution in [0.5, 0.6) is 0 Å². The first-order valence-electron chi connectivity index (χ1n) is 11.9. The Morgan fingerprint density at radius 2 is 1.76 bits per heavy atom. The highest BCUT2D eigenvalue weighted by atomic mass is 16.6. The second-order valence-electron chi connectivity index (χ2n) is 9.52. The second kappa shape index (κ2) is 11.6. The summed E-state index contributed by atoms with van der Waals surface area (Å²) < 4.78 is 17.3. The molecule has 0 saturated carbocycles. The van der Waals surface area contributed by atoms with Gasteiger partial charge < -0.3 is 29.5 Å². The zero-order valence-electron chi connectivity index (χ0n) is 19.8. The molecule has 1 aromatic rings. The van der Waals surface area contributed by atoms with E-state index in [9.17, 15) is 20.1 Å². The number of hydrogen-bond acceptors (Lipinski definition) is 7. The average molecular weight is 463 g/mol. The van der Waals surface area contributed by atoms with Gasteiger partial charge in [-0.15, -0.1) is 0 Å². The summed E-state index contributed by atoms with van der Waals surface area (Å²) in [4.78, 5) is 12.9. The van der Waals surface area contributed by atoms with Gasteiger partial charge >= 0.3 is 5.97 Å². The maximum absolute atomic E-state index is 12.9. The van der Waals surface area contributed by atoms with Crippen molar-refractivity contribution >= 4 is 5.97 Å². The molecule has 8 unspecified atom stereocenters. The minimum absolute atomic E-state index is 0.0689. The summed E-state index contributed by atoms with van der Waals surface area (Å²) in [5.41, 5.74) is 0.884. The fraction of sp³-hybridized carbons (Fsp3) is 0.654. The number of carbonyl (C=O) groups excluding carboxylic acids is 1.